The summed E-state index contributed by atoms with van der Waals surface area (Å²) in [6.07, 6.45) is -4.43. The van der Waals surface area contributed by atoms with Gasteiger partial charge in [-0.3, -0.25) is 4.79 Å². The van der Waals surface area contributed by atoms with Crippen molar-refractivity contribution in [1.82, 2.24) is 0 Å². The van der Waals surface area contributed by atoms with E-state index in [4.69, 9.17) is 4.74 Å². The van der Waals surface area contributed by atoms with Crippen LogP contribution in [0.1, 0.15) is 10.4 Å². The van der Waals surface area contributed by atoms with Crippen molar-refractivity contribution in [3.8, 4) is 5.75 Å². The molecule has 7 heteroatoms. The van der Waals surface area contributed by atoms with Crippen molar-refractivity contribution in [1.29, 1.82) is 0 Å². The molecule has 0 atom stereocenters. The second-order valence-corrected chi connectivity index (χ2v) is 4.23. The highest BCUT2D eigenvalue weighted by atomic mass is 79.9. The molecule has 0 aliphatic rings. The maximum atomic E-state index is 11.8. The number of methoxy groups -OCH3 is 1. The molecule has 0 radical (unpaired) electrons. The predicted molar refractivity (Wildman–Crippen MR) is 61.9 cm³/mol. The fourth-order valence-corrected chi connectivity index (χ4v) is 1.77. The van der Waals surface area contributed by atoms with E-state index < -0.39 is 25.2 Å². The van der Waals surface area contributed by atoms with Gasteiger partial charge in [-0.25, -0.2) is 0 Å². The highest BCUT2D eigenvalue weighted by molar-refractivity contribution is 9.10. The summed E-state index contributed by atoms with van der Waals surface area (Å²) < 4.78 is 45.2. The van der Waals surface area contributed by atoms with Gasteiger partial charge >= 0.3 is 6.18 Å². The first-order valence-electron chi connectivity index (χ1n) is 4.84. The van der Waals surface area contributed by atoms with Gasteiger partial charge in [0.05, 0.1) is 7.11 Å². The molecule has 1 rings (SSSR count). The van der Waals surface area contributed by atoms with Crippen LogP contribution in [0.5, 0.6) is 5.75 Å². The van der Waals surface area contributed by atoms with Crippen molar-refractivity contribution < 1.29 is 27.4 Å². The molecule has 0 heterocycles. The van der Waals surface area contributed by atoms with E-state index in [1.54, 1.807) is 12.1 Å². The Morgan fingerprint density at radius 3 is 2.56 bits per heavy atom. The number of rotatable bonds is 5. The summed E-state index contributed by atoms with van der Waals surface area (Å²) in [5, 5.41) is 0. The van der Waals surface area contributed by atoms with Crippen LogP contribution in [0.25, 0.3) is 0 Å². The van der Waals surface area contributed by atoms with Crippen molar-refractivity contribution in [2.45, 2.75) is 6.18 Å². The largest absolute Gasteiger partial charge is 0.497 e. The van der Waals surface area contributed by atoms with Gasteiger partial charge in [-0.15, -0.1) is 0 Å². The highest BCUT2D eigenvalue weighted by Gasteiger charge is 2.28. The molecule has 0 saturated heterocycles. The van der Waals surface area contributed by atoms with Crippen molar-refractivity contribution in [3.05, 3.63) is 28.2 Å². The minimum absolute atomic E-state index is 0.248. The molecule has 0 bridgehead atoms. The van der Waals surface area contributed by atoms with E-state index in [9.17, 15) is 18.0 Å². The summed E-state index contributed by atoms with van der Waals surface area (Å²) >= 11 is 3.14. The number of alkyl halides is 3. The van der Waals surface area contributed by atoms with E-state index in [1.807, 2.05) is 0 Å². The van der Waals surface area contributed by atoms with E-state index in [1.165, 1.54) is 13.2 Å². The minimum Gasteiger partial charge on any atom is -0.497 e. The molecule has 0 spiro atoms. The lowest BCUT2D eigenvalue weighted by atomic mass is 10.1. The third-order valence-electron chi connectivity index (χ3n) is 1.98. The zero-order chi connectivity index (χ0) is 13.8. The number of ketones is 1. The smallest absolute Gasteiger partial charge is 0.411 e. The molecule has 0 aliphatic carbocycles. The van der Waals surface area contributed by atoms with Gasteiger partial charge in [-0.2, -0.15) is 13.2 Å². The lowest BCUT2D eigenvalue weighted by Crippen LogP contribution is -2.20. The molecule has 18 heavy (non-hydrogen) atoms. The summed E-state index contributed by atoms with van der Waals surface area (Å²) in [5.41, 5.74) is 0.248. The minimum atomic E-state index is -4.43. The van der Waals surface area contributed by atoms with Crippen LogP contribution in [-0.2, 0) is 4.74 Å². The Morgan fingerprint density at radius 2 is 2.06 bits per heavy atom. The molecule has 1 aromatic carbocycles. The molecule has 3 nitrogen and oxygen atoms in total. The van der Waals surface area contributed by atoms with Crippen LogP contribution in [-0.4, -0.2) is 32.3 Å². The maximum Gasteiger partial charge on any atom is 0.411 e. The van der Waals surface area contributed by atoms with E-state index >= 15 is 0 Å². The normalized spacial score (nSPS) is 11.4. The average molecular weight is 327 g/mol. The number of hydrogen-bond donors (Lipinski definition) is 0. The van der Waals surface area contributed by atoms with Gasteiger partial charge in [0.2, 0.25) is 0 Å². The summed E-state index contributed by atoms with van der Waals surface area (Å²) in [5.74, 6) is 0.00316. The zero-order valence-corrected chi connectivity index (χ0v) is 11.0. The van der Waals surface area contributed by atoms with E-state index in [2.05, 4.69) is 20.7 Å². The van der Waals surface area contributed by atoms with Crippen molar-refractivity contribution in [3.63, 3.8) is 0 Å². The summed E-state index contributed by atoms with van der Waals surface area (Å²) in [6, 6.07) is 4.56. The lowest BCUT2D eigenvalue weighted by Gasteiger charge is -2.08. The molecular formula is C11H10BrF3O3. The molecule has 1 aromatic rings. The molecule has 0 amide bonds. The highest BCUT2D eigenvalue weighted by Crippen LogP contribution is 2.23. The number of benzene rings is 1. The van der Waals surface area contributed by atoms with Gasteiger partial charge in [0.1, 0.15) is 19.0 Å². The summed E-state index contributed by atoms with van der Waals surface area (Å²) in [7, 11) is 1.47. The second-order valence-electron chi connectivity index (χ2n) is 3.38. The molecule has 0 N–H and O–H groups in total. The van der Waals surface area contributed by atoms with Crippen LogP contribution < -0.4 is 4.74 Å². The van der Waals surface area contributed by atoms with E-state index in [0.717, 1.165) is 0 Å². The van der Waals surface area contributed by atoms with Crippen LogP contribution in [0.2, 0.25) is 0 Å². The first-order valence-corrected chi connectivity index (χ1v) is 5.64. The molecule has 0 unspecified atom stereocenters. The van der Waals surface area contributed by atoms with Crippen LogP contribution >= 0.6 is 15.9 Å². The molecule has 0 saturated carbocycles. The van der Waals surface area contributed by atoms with Gasteiger partial charge < -0.3 is 9.47 Å². The number of Topliss-reactive ketones (excluding diaryl/α,β-unsaturated/α-hetero) is 1. The molecule has 0 fully saturated rings. The monoisotopic (exact) mass is 326 g/mol. The van der Waals surface area contributed by atoms with Gasteiger partial charge in [0, 0.05) is 10.0 Å². The van der Waals surface area contributed by atoms with Crippen molar-refractivity contribution >= 4 is 21.7 Å². The zero-order valence-electron chi connectivity index (χ0n) is 9.38. The van der Waals surface area contributed by atoms with E-state index in [0.29, 0.717) is 10.2 Å². The molecular weight excluding hydrogens is 317 g/mol. The predicted octanol–water partition coefficient (Wildman–Crippen LogP) is 3.22. The van der Waals surface area contributed by atoms with Gasteiger partial charge in [-0.05, 0) is 34.1 Å². The Bertz CT molecular complexity index is 432. The third-order valence-corrected chi connectivity index (χ3v) is 2.63. The topological polar surface area (TPSA) is 35.5 Å². The van der Waals surface area contributed by atoms with Crippen LogP contribution in [0.3, 0.4) is 0 Å². The fourth-order valence-electron chi connectivity index (χ4n) is 1.19. The Hall–Kier alpha value is -1.08. The SMILES string of the molecule is COc1ccc(C(=O)COCC(F)(F)F)c(Br)c1. The fraction of sp³-hybridized carbons (Fsp3) is 0.364. The Morgan fingerprint density at radius 1 is 1.39 bits per heavy atom. The molecule has 0 aliphatic heterocycles. The summed E-state index contributed by atoms with van der Waals surface area (Å²) in [6.45, 7) is -2.06. The molecule has 100 valence electrons. The second kappa shape index (κ2) is 6.19. The van der Waals surface area contributed by atoms with Gasteiger partial charge in [0.25, 0.3) is 0 Å². The van der Waals surface area contributed by atoms with Crippen LogP contribution in [0, 0.1) is 0 Å². The van der Waals surface area contributed by atoms with Gasteiger partial charge in [-0.1, -0.05) is 0 Å². The van der Waals surface area contributed by atoms with Gasteiger partial charge in [0.15, 0.2) is 5.78 Å². The maximum absolute atomic E-state index is 11.8. The number of hydrogen-bond acceptors (Lipinski definition) is 3. The lowest BCUT2D eigenvalue weighted by molar-refractivity contribution is -0.170. The quantitative estimate of drug-likeness (QED) is 0.779. The van der Waals surface area contributed by atoms with Crippen molar-refractivity contribution in [2.75, 3.05) is 20.3 Å². The van der Waals surface area contributed by atoms with E-state index in [-0.39, 0.29) is 5.56 Å². The third kappa shape index (κ3) is 4.66. The van der Waals surface area contributed by atoms with Crippen LogP contribution in [0.4, 0.5) is 13.2 Å². The Balaban J connectivity index is 2.62. The number of ether oxygens (including phenoxy) is 2. The summed E-state index contributed by atoms with van der Waals surface area (Å²) in [4.78, 5) is 11.6. The first kappa shape index (κ1) is 15.0. The Kier molecular flexibility index (Phi) is 5.15. The van der Waals surface area contributed by atoms with Crippen molar-refractivity contribution in [2.24, 2.45) is 0 Å². The first-order chi connectivity index (χ1) is 8.33. The standard InChI is InChI=1S/C11H10BrF3O3/c1-17-7-2-3-8(9(12)4-7)10(16)5-18-6-11(13,14)15/h2-4H,5-6H2,1H3. The average Bonchev–Trinajstić information content (AvgIpc) is 2.26. The Labute approximate surface area is 110 Å². The molecule has 0 aromatic heterocycles. The van der Waals surface area contributed by atoms with Crippen LogP contribution in [0.15, 0.2) is 22.7 Å². The number of carbonyl (C=O) groups is 1. The number of halogens is 4. The number of carbonyl (C=O) groups excluding carboxylic acids is 1.